The van der Waals surface area contributed by atoms with Crippen LogP contribution < -0.4 is 5.32 Å². The van der Waals surface area contributed by atoms with E-state index in [-0.39, 0.29) is 43.5 Å². The zero-order valence-corrected chi connectivity index (χ0v) is 34.9. The van der Waals surface area contributed by atoms with Gasteiger partial charge in [0.15, 0.2) is 6.10 Å². The average molecular weight is 834 g/mol. The largest absolute Gasteiger partial charge is 0.507 e. The maximum atomic E-state index is 14.2. The molecule has 4 fully saturated rings. The predicted octanol–water partition coefficient (Wildman–Crippen LogP) is 4.12. The van der Waals surface area contributed by atoms with Gasteiger partial charge in [0.05, 0.1) is 26.4 Å². The third kappa shape index (κ3) is 11.7. The number of likely N-dealkylation sites (tertiary alicyclic amines) is 2. The van der Waals surface area contributed by atoms with E-state index in [9.17, 15) is 24.3 Å². The van der Waals surface area contributed by atoms with E-state index in [0.717, 1.165) is 102 Å². The van der Waals surface area contributed by atoms with E-state index in [2.05, 4.69) is 20.0 Å². The molecular formula is C45H67N7O8. The summed E-state index contributed by atoms with van der Waals surface area (Å²) >= 11 is 0. The van der Waals surface area contributed by atoms with Crippen molar-refractivity contribution < 1.29 is 38.5 Å². The van der Waals surface area contributed by atoms with Crippen LogP contribution in [0.25, 0.3) is 0 Å². The van der Waals surface area contributed by atoms with Gasteiger partial charge in [0, 0.05) is 103 Å². The Labute approximate surface area is 355 Å². The van der Waals surface area contributed by atoms with Crippen molar-refractivity contribution in [1.82, 2.24) is 29.4 Å². The molecule has 0 unspecified atom stereocenters. The monoisotopic (exact) mass is 834 g/mol. The number of nitrogens with one attached hydrogen (secondary N) is 1. The fraction of sp³-hybridized carbons (Fsp3) is 0.644. The van der Waals surface area contributed by atoms with Crippen LogP contribution in [0.3, 0.4) is 0 Å². The molecule has 4 amide bonds. The first-order valence-corrected chi connectivity index (χ1v) is 21.7. The van der Waals surface area contributed by atoms with Gasteiger partial charge in [-0.1, -0.05) is 37.8 Å². The van der Waals surface area contributed by atoms with E-state index >= 15 is 0 Å². The normalized spacial score (nSPS) is 20.7. The number of ether oxygens (including phenoxy) is 3. The summed E-state index contributed by atoms with van der Waals surface area (Å²) in [5.74, 6) is -0.158. The van der Waals surface area contributed by atoms with Gasteiger partial charge in [-0.3, -0.25) is 24.3 Å². The molecule has 2 aromatic carbocycles. The molecule has 0 saturated carbocycles. The van der Waals surface area contributed by atoms with Crippen LogP contribution in [0.1, 0.15) is 61.8 Å². The Bertz CT molecular complexity index is 1740. The molecule has 0 radical (unpaired) electrons. The highest BCUT2D eigenvalue weighted by Gasteiger charge is 2.37. The summed E-state index contributed by atoms with van der Waals surface area (Å²) in [5, 5.41) is 13.5. The molecule has 0 aromatic heterocycles. The Morgan fingerprint density at radius 2 is 1.50 bits per heavy atom. The Morgan fingerprint density at radius 1 is 0.833 bits per heavy atom. The molecule has 7 rings (SSSR count). The lowest BCUT2D eigenvalue weighted by Crippen LogP contribution is -2.57. The summed E-state index contributed by atoms with van der Waals surface area (Å²) in [5.41, 5.74) is 4.19. The first-order valence-electron chi connectivity index (χ1n) is 21.7. The number of benzene rings is 2. The standard InChI is InChI=1S/C44H63N7O8.CH4/c1-32-28-34(29-33(2)41(32)53)30-39(59-44(56)50-16-11-37(12-17-50)51-18-8-35-6-3-4-7-38(35)45-43(51)55)42(54)49-21-19-48(20-22-49)36-9-14-47(15-10-36)31-40(52)58-25-5-13-46-23-26-57-27-24-46;/h3-4,6-7,28-29,36-37,39,53H,5,8-27,30-31H2,1-2H3,(H,45,55);1H4/t39-;/m1./s1. The van der Waals surface area contributed by atoms with Gasteiger partial charge < -0.3 is 39.3 Å². The number of nitrogens with zero attached hydrogens (tertiary/aromatic N) is 6. The number of piperidine rings is 2. The fourth-order valence-corrected chi connectivity index (χ4v) is 9.33. The van der Waals surface area contributed by atoms with Crippen LogP contribution in [0.4, 0.5) is 15.3 Å². The third-order valence-corrected chi connectivity index (χ3v) is 12.8. The van der Waals surface area contributed by atoms with Crippen molar-refractivity contribution in [3.8, 4) is 5.75 Å². The van der Waals surface area contributed by atoms with E-state index in [1.165, 1.54) is 0 Å². The molecule has 330 valence electrons. The van der Waals surface area contributed by atoms with Crippen molar-refractivity contribution in [2.45, 2.75) is 84.4 Å². The highest BCUT2D eigenvalue weighted by atomic mass is 16.6. The summed E-state index contributed by atoms with van der Waals surface area (Å²) < 4.78 is 17.0. The topological polar surface area (TPSA) is 148 Å². The summed E-state index contributed by atoms with van der Waals surface area (Å²) in [4.78, 5) is 66.0. The molecule has 4 saturated heterocycles. The summed E-state index contributed by atoms with van der Waals surface area (Å²) in [6, 6.07) is 11.8. The fourth-order valence-electron chi connectivity index (χ4n) is 9.33. The Hall–Kier alpha value is -4.44. The number of phenolic OH excluding ortho intramolecular Hbond substituents is 1. The van der Waals surface area contributed by atoms with Gasteiger partial charge in [-0.05, 0) is 80.7 Å². The van der Waals surface area contributed by atoms with Crippen LogP contribution in [0.15, 0.2) is 36.4 Å². The molecule has 15 heteroatoms. The predicted molar refractivity (Wildman–Crippen MR) is 229 cm³/mol. The molecule has 2 N–H and O–H groups in total. The molecule has 0 spiro atoms. The van der Waals surface area contributed by atoms with E-state index in [1.807, 2.05) is 60.0 Å². The zero-order valence-electron chi connectivity index (χ0n) is 34.9. The van der Waals surface area contributed by atoms with Gasteiger partial charge in [0.1, 0.15) is 5.75 Å². The number of amides is 4. The van der Waals surface area contributed by atoms with Gasteiger partial charge in [-0.25, -0.2) is 9.59 Å². The SMILES string of the molecule is C.Cc1cc(C[C@@H](OC(=O)N2CCC(N3CCc4ccccc4NC3=O)CC2)C(=O)N2CCN(C3CCN(CC(=O)OCCCN4CCOCC4)CC3)CC2)cc(C)c1O. The molecule has 2 aromatic rings. The number of carbonyl (C=O) groups is 4. The van der Waals surface area contributed by atoms with Crippen LogP contribution in [0.2, 0.25) is 0 Å². The molecule has 1 atom stereocenters. The van der Waals surface area contributed by atoms with Crippen LogP contribution in [0.5, 0.6) is 5.75 Å². The van der Waals surface area contributed by atoms with Gasteiger partial charge in [0.25, 0.3) is 5.91 Å². The van der Waals surface area contributed by atoms with Crippen molar-refractivity contribution in [3.63, 3.8) is 0 Å². The highest BCUT2D eigenvalue weighted by Crippen LogP contribution is 2.27. The molecule has 0 aliphatic carbocycles. The maximum Gasteiger partial charge on any atom is 0.410 e. The number of aromatic hydroxyl groups is 1. The average Bonchev–Trinajstić information content (AvgIpc) is 3.42. The van der Waals surface area contributed by atoms with E-state index in [4.69, 9.17) is 14.2 Å². The molecular weight excluding hydrogens is 767 g/mol. The van der Waals surface area contributed by atoms with Crippen LogP contribution in [0, 0.1) is 13.8 Å². The van der Waals surface area contributed by atoms with E-state index in [0.29, 0.717) is 75.9 Å². The van der Waals surface area contributed by atoms with E-state index < -0.39 is 12.2 Å². The molecule has 5 aliphatic heterocycles. The quantitative estimate of drug-likeness (QED) is 0.235. The zero-order chi connectivity index (χ0) is 41.3. The number of anilines is 1. The number of urea groups is 1. The minimum atomic E-state index is -1.02. The number of carbonyl (C=O) groups excluding carboxylic acids is 4. The second-order valence-corrected chi connectivity index (χ2v) is 16.8. The number of hydrogen-bond acceptors (Lipinski definition) is 11. The number of phenols is 1. The second-order valence-electron chi connectivity index (χ2n) is 16.8. The minimum Gasteiger partial charge on any atom is -0.507 e. The molecule has 0 bridgehead atoms. The van der Waals surface area contributed by atoms with Crippen molar-refractivity contribution in [2.75, 3.05) is 110 Å². The summed E-state index contributed by atoms with van der Waals surface area (Å²) in [6.07, 6.45) is 3.39. The Balaban J connectivity index is 0.00000604. The number of aryl methyl sites for hydroxylation is 2. The number of piperazine rings is 1. The molecule has 15 nitrogen and oxygen atoms in total. The van der Waals surface area contributed by atoms with Crippen LogP contribution >= 0.6 is 0 Å². The molecule has 5 aliphatic rings. The van der Waals surface area contributed by atoms with Gasteiger partial charge in [-0.2, -0.15) is 0 Å². The number of para-hydroxylation sites is 1. The Morgan fingerprint density at radius 3 is 2.20 bits per heavy atom. The number of esters is 1. The second kappa shape index (κ2) is 21.4. The highest BCUT2D eigenvalue weighted by molar-refractivity contribution is 5.91. The van der Waals surface area contributed by atoms with Gasteiger partial charge >= 0.3 is 18.1 Å². The van der Waals surface area contributed by atoms with Crippen molar-refractivity contribution in [3.05, 3.63) is 58.7 Å². The summed E-state index contributed by atoms with van der Waals surface area (Å²) in [7, 11) is 0. The van der Waals surface area contributed by atoms with Gasteiger partial charge in [0.2, 0.25) is 0 Å². The number of rotatable bonds is 12. The molecule has 60 heavy (non-hydrogen) atoms. The number of hydrogen-bond donors (Lipinski definition) is 2. The first-order chi connectivity index (χ1) is 28.6. The lowest BCUT2D eigenvalue weighted by Gasteiger charge is -2.43. The van der Waals surface area contributed by atoms with Crippen molar-refractivity contribution >= 4 is 29.7 Å². The lowest BCUT2D eigenvalue weighted by atomic mass is 10.00. The Kier molecular flexibility index (Phi) is 16.1. The number of fused-ring (bicyclic) bond motifs is 1. The first kappa shape index (κ1) is 45.1. The van der Waals surface area contributed by atoms with Crippen molar-refractivity contribution in [2.24, 2.45) is 0 Å². The number of morpholine rings is 1. The van der Waals surface area contributed by atoms with Crippen LogP contribution in [-0.4, -0.2) is 182 Å². The van der Waals surface area contributed by atoms with Gasteiger partial charge in [-0.15, -0.1) is 0 Å². The summed E-state index contributed by atoms with van der Waals surface area (Å²) in [6.45, 7) is 14.4. The lowest BCUT2D eigenvalue weighted by molar-refractivity contribution is -0.145. The maximum absolute atomic E-state index is 14.2. The third-order valence-electron chi connectivity index (χ3n) is 12.8. The van der Waals surface area contributed by atoms with E-state index in [1.54, 1.807) is 4.90 Å². The molecule has 5 heterocycles. The van der Waals surface area contributed by atoms with Crippen molar-refractivity contribution in [1.29, 1.82) is 0 Å². The smallest absolute Gasteiger partial charge is 0.410 e. The minimum absolute atomic E-state index is 0. The van der Waals surface area contributed by atoms with Crippen LogP contribution in [-0.2, 0) is 36.6 Å².